The standard InChI is InChI=1S/C15H9Cl3O2/c16-10-7-11(15(20)13(18)8-10)14(19)6-5-9-3-1-2-4-12(9)17/h1-8,20H. The molecule has 102 valence electrons. The quantitative estimate of drug-likeness (QED) is 0.617. The first kappa shape index (κ1) is 14.9. The van der Waals surface area contributed by atoms with Gasteiger partial charge in [0.05, 0.1) is 10.6 Å². The van der Waals surface area contributed by atoms with E-state index in [1.54, 1.807) is 24.3 Å². The summed E-state index contributed by atoms with van der Waals surface area (Å²) in [7, 11) is 0. The van der Waals surface area contributed by atoms with E-state index in [-0.39, 0.29) is 21.4 Å². The molecular weight excluding hydrogens is 319 g/mol. The highest BCUT2D eigenvalue weighted by molar-refractivity contribution is 6.36. The maximum Gasteiger partial charge on any atom is 0.189 e. The Hall–Kier alpha value is -1.48. The summed E-state index contributed by atoms with van der Waals surface area (Å²) in [6.07, 6.45) is 2.88. The minimum Gasteiger partial charge on any atom is -0.506 e. The number of carbonyl (C=O) groups is 1. The van der Waals surface area contributed by atoms with Gasteiger partial charge in [-0.2, -0.15) is 0 Å². The molecule has 2 aromatic carbocycles. The van der Waals surface area contributed by atoms with Crippen LogP contribution in [-0.4, -0.2) is 10.9 Å². The van der Waals surface area contributed by atoms with Gasteiger partial charge >= 0.3 is 0 Å². The summed E-state index contributed by atoms with van der Waals surface area (Å²) in [5.41, 5.74) is 0.751. The van der Waals surface area contributed by atoms with Crippen molar-refractivity contribution in [2.24, 2.45) is 0 Å². The van der Waals surface area contributed by atoms with E-state index in [2.05, 4.69) is 0 Å². The third kappa shape index (κ3) is 3.34. The monoisotopic (exact) mass is 326 g/mol. The smallest absolute Gasteiger partial charge is 0.189 e. The maximum atomic E-state index is 12.0. The van der Waals surface area contributed by atoms with E-state index in [1.165, 1.54) is 18.2 Å². The van der Waals surface area contributed by atoms with Gasteiger partial charge in [0.15, 0.2) is 5.78 Å². The Kier molecular flexibility index (Phi) is 4.71. The second-order valence-electron chi connectivity index (χ2n) is 4.00. The zero-order valence-electron chi connectivity index (χ0n) is 10.1. The van der Waals surface area contributed by atoms with E-state index in [0.29, 0.717) is 10.6 Å². The van der Waals surface area contributed by atoms with Gasteiger partial charge in [0.25, 0.3) is 0 Å². The topological polar surface area (TPSA) is 37.3 Å². The molecule has 0 aromatic heterocycles. The van der Waals surface area contributed by atoms with E-state index < -0.39 is 5.78 Å². The molecule has 20 heavy (non-hydrogen) atoms. The summed E-state index contributed by atoms with van der Waals surface area (Å²) in [5.74, 6) is -0.698. The molecule has 0 fully saturated rings. The number of ketones is 1. The second-order valence-corrected chi connectivity index (χ2v) is 5.25. The average Bonchev–Trinajstić information content (AvgIpc) is 2.41. The summed E-state index contributed by atoms with van der Waals surface area (Å²) in [6.45, 7) is 0. The largest absolute Gasteiger partial charge is 0.506 e. The van der Waals surface area contributed by atoms with Gasteiger partial charge in [-0.1, -0.05) is 53.0 Å². The Morgan fingerprint density at radius 2 is 1.75 bits per heavy atom. The number of allylic oxidation sites excluding steroid dienone is 1. The molecule has 0 aliphatic carbocycles. The number of halogens is 3. The summed E-state index contributed by atoms with van der Waals surface area (Å²) in [4.78, 5) is 12.0. The lowest BCUT2D eigenvalue weighted by atomic mass is 10.1. The van der Waals surface area contributed by atoms with Crippen LogP contribution in [0.15, 0.2) is 42.5 Å². The third-order valence-electron chi connectivity index (χ3n) is 2.61. The number of hydrogen-bond donors (Lipinski definition) is 1. The number of aromatic hydroxyl groups is 1. The fourth-order valence-corrected chi connectivity index (χ4v) is 2.31. The Labute approximate surface area is 131 Å². The molecule has 0 unspecified atom stereocenters. The number of rotatable bonds is 3. The molecular formula is C15H9Cl3O2. The lowest BCUT2D eigenvalue weighted by Crippen LogP contribution is -1.95. The zero-order chi connectivity index (χ0) is 14.7. The first-order chi connectivity index (χ1) is 9.49. The van der Waals surface area contributed by atoms with Crippen molar-refractivity contribution in [3.05, 3.63) is 68.7 Å². The highest BCUT2D eigenvalue weighted by Gasteiger charge is 2.13. The minimum atomic E-state index is -0.410. The van der Waals surface area contributed by atoms with Crippen molar-refractivity contribution in [2.45, 2.75) is 0 Å². The number of phenols is 1. The van der Waals surface area contributed by atoms with Crippen molar-refractivity contribution in [3.63, 3.8) is 0 Å². The Balaban J connectivity index is 2.32. The van der Waals surface area contributed by atoms with E-state index in [1.807, 2.05) is 6.07 Å². The van der Waals surface area contributed by atoms with Gasteiger partial charge in [-0.15, -0.1) is 0 Å². The predicted octanol–water partition coefficient (Wildman–Crippen LogP) is 5.25. The number of phenolic OH excluding ortho intramolecular Hbond substituents is 1. The summed E-state index contributed by atoms with van der Waals surface area (Å²) >= 11 is 17.6. The van der Waals surface area contributed by atoms with Crippen molar-refractivity contribution in [3.8, 4) is 5.75 Å². The van der Waals surface area contributed by atoms with Crippen LogP contribution in [0.4, 0.5) is 0 Å². The molecule has 0 spiro atoms. The van der Waals surface area contributed by atoms with Crippen LogP contribution in [-0.2, 0) is 0 Å². The van der Waals surface area contributed by atoms with Crippen LogP contribution in [0.1, 0.15) is 15.9 Å². The normalized spacial score (nSPS) is 10.9. The lowest BCUT2D eigenvalue weighted by molar-refractivity contribution is 0.104. The van der Waals surface area contributed by atoms with Gasteiger partial charge in [0.2, 0.25) is 0 Å². The molecule has 0 heterocycles. The lowest BCUT2D eigenvalue weighted by Gasteiger charge is -2.04. The van der Waals surface area contributed by atoms with Crippen LogP contribution in [0.5, 0.6) is 5.75 Å². The van der Waals surface area contributed by atoms with Crippen LogP contribution >= 0.6 is 34.8 Å². The van der Waals surface area contributed by atoms with Crippen molar-refractivity contribution >= 4 is 46.7 Å². The van der Waals surface area contributed by atoms with Gasteiger partial charge in [-0.25, -0.2) is 0 Å². The molecule has 0 aliphatic rings. The molecule has 0 amide bonds. The van der Waals surface area contributed by atoms with Crippen molar-refractivity contribution in [2.75, 3.05) is 0 Å². The fourth-order valence-electron chi connectivity index (χ4n) is 1.62. The Bertz CT molecular complexity index is 694. The zero-order valence-corrected chi connectivity index (χ0v) is 12.4. The molecule has 0 saturated heterocycles. The van der Waals surface area contributed by atoms with Crippen LogP contribution in [0, 0.1) is 0 Å². The summed E-state index contributed by atoms with van der Waals surface area (Å²) < 4.78 is 0. The van der Waals surface area contributed by atoms with Gasteiger partial charge in [-0.05, 0) is 35.9 Å². The van der Waals surface area contributed by atoms with Crippen molar-refractivity contribution < 1.29 is 9.90 Å². The number of carbonyl (C=O) groups excluding carboxylic acids is 1. The maximum absolute atomic E-state index is 12.0. The van der Waals surface area contributed by atoms with Gasteiger partial charge in [0.1, 0.15) is 5.75 Å². The van der Waals surface area contributed by atoms with Gasteiger partial charge < -0.3 is 5.11 Å². The van der Waals surface area contributed by atoms with Gasteiger partial charge in [-0.3, -0.25) is 4.79 Å². The summed E-state index contributed by atoms with van der Waals surface area (Å²) in [5, 5.41) is 10.6. The van der Waals surface area contributed by atoms with Gasteiger partial charge in [0, 0.05) is 10.0 Å². The highest BCUT2D eigenvalue weighted by Crippen LogP contribution is 2.31. The summed E-state index contributed by atoms with van der Waals surface area (Å²) in [6, 6.07) is 9.83. The minimum absolute atomic E-state index is 0.0343. The molecule has 5 heteroatoms. The first-order valence-electron chi connectivity index (χ1n) is 5.64. The first-order valence-corrected chi connectivity index (χ1v) is 6.77. The SMILES string of the molecule is O=C(C=Cc1ccccc1Cl)c1cc(Cl)cc(Cl)c1O. The van der Waals surface area contributed by atoms with Crippen LogP contribution < -0.4 is 0 Å². The Morgan fingerprint density at radius 3 is 2.45 bits per heavy atom. The number of hydrogen-bond acceptors (Lipinski definition) is 2. The second kappa shape index (κ2) is 6.31. The molecule has 2 rings (SSSR count). The molecule has 0 bridgehead atoms. The highest BCUT2D eigenvalue weighted by atomic mass is 35.5. The van der Waals surface area contributed by atoms with E-state index in [9.17, 15) is 9.90 Å². The van der Waals surface area contributed by atoms with E-state index in [0.717, 1.165) is 0 Å². The van der Waals surface area contributed by atoms with E-state index in [4.69, 9.17) is 34.8 Å². The predicted molar refractivity (Wildman–Crippen MR) is 82.9 cm³/mol. The molecule has 0 saturated carbocycles. The van der Waals surface area contributed by atoms with E-state index >= 15 is 0 Å². The molecule has 0 aliphatic heterocycles. The molecule has 0 atom stereocenters. The average molecular weight is 328 g/mol. The molecule has 0 radical (unpaired) electrons. The third-order valence-corrected chi connectivity index (χ3v) is 3.46. The Morgan fingerprint density at radius 1 is 1.05 bits per heavy atom. The van der Waals surface area contributed by atoms with Crippen LogP contribution in [0.3, 0.4) is 0 Å². The fraction of sp³-hybridized carbons (Fsp3) is 0. The van der Waals surface area contributed by atoms with Crippen LogP contribution in [0.2, 0.25) is 15.1 Å². The molecule has 1 N–H and O–H groups in total. The van der Waals surface area contributed by atoms with Crippen molar-refractivity contribution in [1.82, 2.24) is 0 Å². The number of benzene rings is 2. The molecule has 2 aromatic rings. The van der Waals surface area contributed by atoms with Crippen molar-refractivity contribution in [1.29, 1.82) is 0 Å². The van der Waals surface area contributed by atoms with Crippen LogP contribution in [0.25, 0.3) is 6.08 Å². The molecule has 2 nitrogen and oxygen atoms in total.